The van der Waals surface area contributed by atoms with E-state index in [2.05, 4.69) is 4.98 Å². The normalized spacial score (nSPS) is 10.8. The summed E-state index contributed by atoms with van der Waals surface area (Å²) in [4.78, 5) is 13.6. The fraction of sp³-hybridized carbons (Fsp3) is 0.167. The first-order chi connectivity index (χ1) is 5.52. The quantitative estimate of drug-likeness (QED) is 0.574. The molecular formula is C6H3F2I2NO. The van der Waals surface area contributed by atoms with Crippen molar-refractivity contribution in [3.63, 3.8) is 0 Å². The highest BCUT2D eigenvalue weighted by molar-refractivity contribution is 14.1. The van der Waals surface area contributed by atoms with Gasteiger partial charge in [0.15, 0.2) is 5.43 Å². The van der Waals surface area contributed by atoms with Crippen molar-refractivity contribution < 1.29 is 8.78 Å². The Labute approximate surface area is 94.0 Å². The third-order valence-corrected chi connectivity index (χ3v) is 2.64. The maximum absolute atomic E-state index is 12.2. The summed E-state index contributed by atoms with van der Waals surface area (Å²) in [5.41, 5.74) is -1.06. The van der Waals surface area contributed by atoms with Crippen LogP contribution >= 0.6 is 45.2 Å². The molecule has 0 saturated carbocycles. The van der Waals surface area contributed by atoms with Crippen molar-refractivity contribution in [2.45, 2.75) is 6.43 Å². The molecule has 0 spiro atoms. The van der Waals surface area contributed by atoms with Crippen molar-refractivity contribution in [3.8, 4) is 0 Å². The van der Waals surface area contributed by atoms with E-state index in [-0.39, 0.29) is 3.70 Å². The summed E-state index contributed by atoms with van der Waals surface area (Å²) in [6.07, 6.45) is -2.71. The smallest absolute Gasteiger partial charge is 0.270 e. The molecule has 1 rings (SSSR count). The van der Waals surface area contributed by atoms with Crippen LogP contribution in [-0.4, -0.2) is 4.98 Å². The van der Waals surface area contributed by atoms with Gasteiger partial charge in [-0.1, -0.05) is 0 Å². The van der Waals surface area contributed by atoms with Crippen LogP contribution in [0.3, 0.4) is 0 Å². The maximum Gasteiger partial charge on any atom is 0.270 e. The number of aromatic amines is 1. The van der Waals surface area contributed by atoms with Gasteiger partial charge in [-0.2, -0.15) is 0 Å². The first-order valence-electron chi connectivity index (χ1n) is 2.88. The van der Waals surface area contributed by atoms with Gasteiger partial charge in [0.05, 0.1) is 13.0 Å². The first kappa shape index (κ1) is 10.4. The fourth-order valence-electron chi connectivity index (χ4n) is 0.713. The van der Waals surface area contributed by atoms with Gasteiger partial charge >= 0.3 is 0 Å². The topological polar surface area (TPSA) is 32.9 Å². The summed E-state index contributed by atoms with van der Waals surface area (Å²) in [7, 11) is 0. The van der Waals surface area contributed by atoms with E-state index in [0.717, 1.165) is 6.07 Å². The monoisotopic (exact) mass is 397 g/mol. The highest BCUT2D eigenvalue weighted by atomic mass is 127. The number of hydrogen-bond donors (Lipinski definition) is 1. The zero-order chi connectivity index (χ0) is 9.30. The highest BCUT2D eigenvalue weighted by Gasteiger charge is 2.16. The summed E-state index contributed by atoms with van der Waals surface area (Å²) in [5, 5.41) is 0. The average Bonchev–Trinajstić information content (AvgIpc) is 1.82. The molecule has 2 nitrogen and oxygen atoms in total. The van der Waals surface area contributed by atoms with Crippen LogP contribution in [0.15, 0.2) is 10.9 Å². The lowest BCUT2D eigenvalue weighted by molar-refractivity contribution is 0.148. The molecule has 6 heteroatoms. The van der Waals surface area contributed by atoms with E-state index >= 15 is 0 Å². The number of nitrogens with one attached hydrogen (secondary N) is 1. The second kappa shape index (κ2) is 3.99. The van der Waals surface area contributed by atoms with Gasteiger partial charge in [0.2, 0.25) is 0 Å². The SMILES string of the molecule is O=c1cc(I)[nH]c(I)c1C(F)F. The number of halogens is 4. The lowest BCUT2D eigenvalue weighted by Crippen LogP contribution is -2.13. The van der Waals surface area contributed by atoms with E-state index in [4.69, 9.17) is 0 Å². The first-order valence-corrected chi connectivity index (χ1v) is 5.04. The van der Waals surface area contributed by atoms with Crippen LogP contribution in [-0.2, 0) is 0 Å². The Balaban J connectivity index is 3.39. The molecule has 1 aromatic rings. The van der Waals surface area contributed by atoms with Gasteiger partial charge in [0.1, 0.15) is 0 Å². The van der Waals surface area contributed by atoms with Gasteiger partial charge in [-0.25, -0.2) is 8.78 Å². The Kier molecular flexibility index (Phi) is 3.44. The lowest BCUT2D eigenvalue weighted by Gasteiger charge is -2.01. The molecule has 0 unspecified atom stereocenters. The van der Waals surface area contributed by atoms with Crippen LogP contribution in [0.5, 0.6) is 0 Å². The molecule has 0 aromatic carbocycles. The Hall–Kier alpha value is 0.270. The number of alkyl halides is 2. The summed E-state index contributed by atoms with van der Waals surface area (Å²) >= 11 is 3.55. The molecule has 0 amide bonds. The third-order valence-electron chi connectivity index (χ3n) is 1.21. The molecule has 0 aliphatic carbocycles. The fourth-order valence-corrected chi connectivity index (χ4v) is 2.57. The van der Waals surface area contributed by atoms with Crippen molar-refractivity contribution in [1.29, 1.82) is 0 Å². The molecule has 0 atom stereocenters. The third kappa shape index (κ3) is 2.15. The van der Waals surface area contributed by atoms with Gasteiger partial charge in [-0.05, 0) is 45.2 Å². The molecule has 0 radical (unpaired) electrons. The number of H-pyrrole nitrogens is 1. The Morgan fingerprint density at radius 2 is 2.00 bits per heavy atom. The van der Waals surface area contributed by atoms with Gasteiger partial charge in [-0.3, -0.25) is 4.79 Å². The zero-order valence-corrected chi connectivity index (χ0v) is 9.89. The standard InChI is InChI=1S/C6H3F2I2NO/c7-5(8)4-2(12)1-3(9)11-6(4)10/h1,5H,(H,11,12). The van der Waals surface area contributed by atoms with Gasteiger partial charge < -0.3 is 4.98 Å². The molecule has 1 aromatic heterocycles. The largest absolute Gasteiger partial charge is 0.345 e. The lowest BCUT2D eigenvalue weighted by atomic mass is 10.3. The second-order valence-corrected chi connectivity index (χ2v) is 4.25. The van der Waals surface area contributed by atoms with E-state index in [1.165, 1.54) is 0 Å². The van der Waals surface area contributed by atoms with E-state index in [9.17, 15) is 13.6 Å². The number of hydrogen-bond acceptors (Lipinski definition) is 1. The number of pyridine rings is 1. The second-order valence-electron chi connectivity index (χ2n) is 2.01. The van der Waals surface area contributed by atoms with Crippen molar-refractivity contribution in [3.05, 3.63) is 29.3 Å². The van der Waals surface area contributed by atoms with E-state index in [1.807, 2.05) is 22.6 Å². The Bertz CT molecular complexity index is 350. The van der Waals surface area contributed by atoms with Gasteiger partial charge in [-0.15, -0.1) is 0 Å². The van der Waals surface area contributed by atoms with Crippen molar-refractivity contribution in [2.75, 3.05) is 0 Å². The highest BCUT2D eigenvalue weighted by Crippen LogP contribution is 2.19. The molecule has 1 N–H and O–H groups in total. The van der Waals surface area contributed by atoms with Crippen molar-refractivity contribution >= 4 is 45.2 Å². The van der Waals surface area contributed by atoms with Crippen LogP contribution in [0.1, 0.15) is 12.0 Å². The summed E-state index contributed by atoms with van der Waals surface area (Å²) < 4.78 is 25.2. The van der Waals surface area contributed by atoms with Crippen LogP contribution in [0.2, 0.25) is 0 Å². The molecule has 66 valence electrons. The van der Waals surface area contributed by atoms with Gasteiger partial charge in [0.25, 0.3) is 6.43 Å². The van der Waals surface area contributed by atoms with E-state index < -0.39 is 17.4 Å². The average molecular weight is 397 g/mol. The summed E-state index contributed by atoms with van der Waals surface area (Å²) in [5.74, 6) is 0. The van der Waals surface area contributed by atoms with Crippen LogP contribution in [0, 0.1) is 7.40 Å². The summed E-state index contributed by atoms with van der Waals surface area (Å²) in [6, 6.07) is 1.16. The molecular weight excluding hydrogens is 394 g/mol. The Morgan fingerprint density at radius 1 is 1.42 bits per heavy atom. The minimum Gasteiger partial charge on any atom is -0.345 e. The van der Waals surface area contributed by atoms with Gasteiger partial charge in [0, 0.05) is 6.07 Å². The number of rotatable bonds is 1. The molecule has 1 heterocycles. The molecule has 12 heavy (non-hydrogen) atoms. The van der Waals surface area contributed by atoms with Crippen LogP contribution < -0.4 is 5.43 Å². The predicted octanol–water partition coefficient (Wildman–Crippen LogP) is 2.52. The minimum absolute atomic E-state index is 0.208. The molecule has 0 fully saturated rings. The molecule has 0 saturated heterocycles. The Morgan fingerprint density at radius 3 is 2.42 bits per heavy atom. The van der Waals surface area contributed by atoms with Crippen LogP contribution in [0.25, 0.3) is 0 Å². The number of aromatic nitrogens is 1. The van der Waals surface area contributed by atoms with Crippen molar-refractivity contribution in [2.24, 2.45) is 0 Å². The van der Waals surface area contributed by atoms with E-state index in [1.54, 1.807) is 22.6 Å². The van der Waals surface area contributed by atoms with E-state index in [0.29, 0.717) is 3.70 Å². The minimum atomic E-state index is -2.71. The molecule has 0 aliphatic rings. The molecule has 0 bridgehead atoms. The van der Waals surface area contributed by atoms with Crippen LogP contribution in [0.4, 0.5) is 8.78 Å². The predicted molar refractivity (Wildman–Crippen MR) is 57.5 cm³/mol. The maximum atomic E-state index is 12.2. The van der Waals surface area contributed by atoms with Crippen molar-refractivity contribution in [1.82, 2.24) is 4.98 Å². The summed E-state index contributed by atoms with van der Waals surface area (Å²) in [6.45, 7) is 0. The molecule has 0 aliphatic heterocycles. The zero-order valence-electron chi connectivity index (χ0n) is 5.57.